The van der Waals surface area contributed by atoms with E-state index in [-0.39, 0.29) is 24.4 Å². The van der Waals surface area contributed by atoms with Crippen LogP contribution < -0.4 is 15.4 Å². The number of nitrogens with zero attached hydrogens (tertiary/aromatic N) is 1. The molecule has 0 aliphatic heterocycles. The predicted octanol–water partition coefficient (Wildman–Crippen LogP) is 4.46. The van der Waals surface area contributed by atoms with Crippen LogP contribution in [0.4, 0.5) is 11.4 Å². The molecule has 1 fully saturated rings. The number of nitrogens with two attached hydrogens (primary N) is 1. The molecule has 2 aromatic rings. The number of rotatable bonds is 7. The highest BCUT2D eigenvalue weighted by Crippen LogP contribution is 2.37. The minimum absolute atomic E-state index is 0. The number of ether oxygens (including phenoxy) is 1. The molecule has 0 bridgehead atoms. The summed E-state index contributed by atoms with van der Waals surface area (Å²) in [4.78, 5) is 15.0. The Morgan fingerprint density at radius 1 is 1.19 bits per heavy atom. The predicted molar refractivity (Wildman–Crippen MR) is 109 cm³/mol. The lowest BCUT2D eigenvalue weighted by atomic mass is 10.1. The first kappa shape index (κ1) is 20.1. The molecule has 0 saturated heterocycles. The molecule has 1 saturated carbocycles. The number of carbonyl (C=O) groups excluding carboxylic acids is 1. The van der Waals surface area contributed by atoms with Gasteiger partial charge in [-0.3, -0.25) is 4.79 Å². The van der Waals surface area contributed by atoms with Crippen LogP contribution in [0.1, 0.15) is 31.7 Å². The highest BCUT2D eigenvalue weighted by atomic mass is 35.5. The number of nitrogen functional groups attached to an aromatic ring is 1. The second kappa shape index (κ2) is 8.95. The van der Waals surface area contributed by atoms with E-state index in [9.17, 15) is 4.79 Å². The number of amides is 1. The van der Waals surface area contributed by atoms with Gasteiger partial charge in [0.2, 0.25) is 5.91 Å². The normalized spacial score (nSPS) is 14.2. The van der Waals surface area contributed by atoms with Crippen molar-refractivity contribution in [3.8, 4) is 5.75 Å². The number of hydrogen-bond acceptors (Lipinski definition) is 3. The van der Waals surface area contributed by atoms with Crippen molar-refractivity contribution in [1.29, 1.82) is 0 Å². The van der Waals surface area contributed by atoms with Gasteiger partial charge in [0.15, 0.2) is 0 Å². The second-order valence-corrected chi connectivity index (χ2v) is 6.74. The number of halogens is 1. The van der Waals surface area contributed by atoms with Crippen molar-refractivity contribution < 1.29 is 9.53 Å². The van der Waals surface area contributed by atoms with Gasteiger partial charge in [0, 0.05) is 23.8 Å². The topological polar surface area (TPSA) is 55.6 Å². The standard InChI is InChI=1S/C21H26N2O2.ClH/c1-15(16-7-8-16)23(18-10-12-19(25-2)13-11-18)21(24)14-9-17-5-3-4-6-20(17)22;/h3-6,10-13,15-16H,7-9,14,22H2,1-2H3;1H. The van der Waals surface area contributed by atoms with Gasteiger partial charge >= 0.3 is 0 Å². The van der Waals surface area contributed by atoms with Crippen LogP contribution in [0.5, 0.6) is 5.75 Å². The third-order valence-corrected chi connectivity index (χ3v) is 4.99. The van der Waals surface area contributed by atoms with E-state index in [4.69, 9.17) is 10.5 Å². The quantitative estimate of drug-likeness (QED) is 0.728. The lowest BCUT2D eigenvalue weighted by molar-refractivity contribution is -0.119. The Kier molecular flexibility index (Phi) is 6.92. The van der Waals surface area contributed by atoms with Crippen molar-refractivity contribution in [3.63, 3.8) is 0 Å². The highest BCUT2D eigenvalue weighted by Gasteiger charge is 2.34. The summed E-state index contributed by atoms with van der Waals surface area (Å²) in [6, 6.07) is 15.7. The summed E-state index contributed by atoms with van der Waals surface area (Å²) in [5.41, 5.74) is 8.72. The summed E-state index contributed by atoms with van der Waals surface area (Å²) in [5.74, 6) is 1.55. The first-order chi connectivity index (χ1) is 12.1. The lowest BCUT2D eigenvalue weighted by Gasteiger charge is -2.30. The van der Waals surface area contributed by atoms with Crippen molar-refractivity contribution in [3.05, 3.63) is 54.1 Å². The molecule has 5 heteroatoms. The van der Waals surface area contributed by atoms with Crippen LogP contribution in [0.3, 0.4) is 0 Å². The first-order valence-electron chi connectivity index (χ1n) is 8.89. The van der Waals surface area contributed by atoms with Gasteiger partial charge in [-0.15, -0.1) is 12.4 Å². The number of para-hydroxylation sites is 1. The van der Waals surface area contributed by atoms with E-state index in [1.165, 1.54) is 12.8 Å². The molecule has 3 rings (SSSR count). The molecule has 0 aromatic heterocycles. The molecule has 1 unspecified atom stereocenters. The molecule has 1 aliphatic carbocycles. The Hall–Kier alpha value is -2.20. The Labute approximate surface area is 161 Å². The molecule has 2 aromatic carbocycles. The molecule has 1 amide bonds. The zero-order valence-corrected chi connectivity index (χ0v) is 16.2. The average Bonchev–Trinajstić information content (AvgIpc) is 3.47. The Balaban J connectivity index is 0.00000243. The van der Waals surface area contributed by atoms with Crippen LogP contribution in [-0.2, 0) is 11.2 Å². The van der Waals surface area contributed by atoms with Gasteiger partial charge in [0.1, 0.15) is 5.75 Å². The Morgan fingerprint density at radius 3 is 2.42 bits per heavy atom. The highest BCUT2D eigenvalue weighted by molar-refractivity contribution is 5.94. The second-order valence-electron chi connectivity index (χ2n) is 6.74. The van der Waals surface area contributed by atoms with Crippen LogP contribution in [0.15, 0.2) is 48.5 Å². The van der Waals surface area contributed by atoms with E-state index in [0.717, 1.165) is 22.7 Å². The van der Waals surface area contributed by atoms with Crippen LogP contribution in [-0.4, -0.2) is 19.1 Å². The first-order valence-corrected chi connectivity index (χ1v) is 8.89. The minimum atomic E-state index is 0. The van der Waals surface area contributed by atoms with Crippen LogP contribution in [0.25, 0.3) is 0 Å². The summed E-state index contributed by atoms with van der Waals surface area (Å²) in [6.45, 7) is 2.15. The fourth-order valence-electron chi connectivity index (χ4n) is 3.26. The van der Waals surface area contributed by atoms with Crippen molar-refractivity contribution in [2.24, 2.45) is 5.92 Å². The maximum Gasteiger partial charge on any atom is 0.227 e. The summed E-state index contributed by atoms with van der Waals surface area (Å²) in [7, 11) is 1.65. The SMILES string of the molecule is COc1ccc(N(C(=O)CCc2ccccc2N)C(C)C2CC2)cc1.Cl. The monoisotopic (exact) mass is 374 g/mol. The molecule has 1 aliphatic rings. The number of aryl methyl sites for hydroxylation is 1. The van der Waals surface area contributed by atoms with E-state index in [1.54, 1.807) is 7.11 Å². The minimum Gasteiger partial charge on any atom is -0.497 e. The molecular formula is C21H27ClN2O2. The maximum atomic E-state index is 13.0. The van der Waals surface area contributed by atoms with Crippen molar-refractivity contribution in [2.45, 2.75) is 38.6 Å². The number of methoxy groups -OCH3 is 1. The van der Waals surface area contributed by atoms with E-state index >= 15 is 0 Å². The number of hydrogen-bond donors (Lipinski definition) is 1. The summed E-state index contributed by atoms with van der Waals surface area (Å²) < 4.78 is 5.23. The van der Waals surface area contributed by atoms with Gasteiger partial charge in [-0.2, -0.15) is 0 Å². The third kappa shape index (κ3) is 4.70. The maximum absolute atomic E-state index is 13.0. The van der Waals surface area contributed by atoms with Gasteiger partial charge in [0.05, 0.1) is 7.11 Å². The van der Waals surface area contributed by atoms with Crippen LogP contribution in [0.2, 0.25) is 0 Å². The van der Waals surface area contributed by atoms with Gasteiger partial charge < -0.3 is 15.4 Å². The zero-order valence-electron chi connectivity index (χ0n) is 15.4. The zero-order chi connectivity index (χ0) is 17.8. The molecular weight excluding hydrogens is 348 g/mol. The van der Waals surface area contributed by atoms with E-state index < -0.39 is 0 Å². The van der Waals surface area contributed by atoms with Gasteiger partial charge in [0.25, 0.3) is 0 Å². The molecule has 0 spiro atoms. The Morgan fingerprint density at radius 2 is 1.85 bits per heavy atom. The van der Waals surface area contributed by atoms with Gasteiger partial charge in [-0.25, -0.2) is 0 Å². The fraction of sp³-hybridized carbons (Fsp3) is 0.381. The number of benzene rings is 2. The van der Waals surface area contributed by atoms with Gasteiger partial charge in [-0.1, -0.05) is 18.2 Å². The Bertz CT molecular complexity index is 729. The molecule has 0 radical (unpaired) electrons. The molecule has 140 valence electrons. The van der Waals surface area contributed by atoms with E-state index in [1.807, 2.05) is 53.4 Å². The van der Waals surface area contributed by atoms with Crippen molar-refractivity contribution >= 4 is 29.7 Å². The summed E-state index contributed by atoms with van der Waals surface area (Å²) in [5, 5.41) is 0. The van der Waals surface area contributed by atoms with Gasteiger partial charge in [-0.05, 0) is 68.0 Å². The van der Waals surface area contributed by atoms with E-state index in [0.29, 0.717) is 18.8 Å². The smallest absolute Gasteiger partial charge is 0.227 e. The molecule has 4 nitrogen and oxygen atoms in total. The summed E-state index contributed by atoms with van der Waals surface area (Å²) in [6.07, 6.45) is 3.52. The van der Waals surface area contributed by atoms with E-state index in [2.05, 4.69) is 6.92 Å². The average molecular weight is 375 g/mol. The number of carbonyl (C=O) groups is 1. The molecule has 2 N–H and O–H groups in total. The third-order valence-electron chi connectivity index (χ3n) is 4.99. The largest absolute Gasteiger partial charge is 0.497 e. The number of anilines is 2. The lowest BCUT2D eigenvalue weighted by Crippen LogP contribution is -2.40. The molecule has 0 heterocycles. The van der Waals surface area contributed by atoms with Crippen LogP contribution >= 0.6 is 12.4 Å². The fourth-order valence-corrected chi connectivity index (χ4v) is 3.26. The molecule has 26 heavy (non-hydrogen) atoms. The van der Waals surface area contributed by atoms with Crippen molar-refractivity contribution in [1.82, 2.24) is 0 Å². The van der Waals surface area contributed by atoms with Crippen molar-refractivity contribution in [2.75, 3.05) is 17.7 Å². The van der Waals surface area contributed by atoms with Crippen LogP contribution in [0, 0.1) is 5.92 Å². The summed E-state index contributed by atoms with van der Waals surface area (Å²) >= 11 is 0. The molecule has 1 atom stereocenters.